The van der Waals surface area contributed by atoms with E-state index in [-0.39, 0.29) is 33.8 Å². The second-order valence-electron chi connectivity index (χ2n) is 6.57. The van der Waals surface area contributed by atoms with Gasteiger partial charge < -0.3 is 19.3 Å². The van der Waals surface area contributed by atoms with Gasteiger partial charge in [0, 0.05) is 5.56 Å². The maximum absolute atomic E-state index is 13.2. The van der Waals surface area contributed by atoms with Crippen molar-refractivity contribution in [2.24, 2.45) is 5.73 Å². The Labute approximate surface area is 162 Å². The first-order valence-electron chi connectivity index (χ1n) is 8.74. The number of para-hydroxylation sites is 2. The van der Waals surface area contributed by atoms with E-state index in [9.17, 15) is 14.9 Å². The summed E-state index contributed by atoms with van der Waals surface area (Å²) in [5.41, 5.74) is 5.73. The van der Waals surface area contributed by atoms with E-state index >= 15 is 0 Å². The van der Waals surface area contributed by atoms with Gasteiger partial charge in [-0.15, -0.1) is 0 Å². The summed E-state index contributed by atoms with van der Waals surface area (Å²) in [6, 6.07) is 15.5. The summed E-state index contributed by atoms with van der Waals surface area (Å²) in [5, 5.41) is 10.5. The molecule has 5 rings (SSSR count). The molecule has 4 aromatic rings. The Morgan fingerprint density at radius 2 is 1.66 bits per heavy atom. The second-order valence-corrected chi connectivity index (χ2v) is 6.57. The van der Waals surface area contributed by atoms with Crippen molar-refractivity contribution in [1.29, 1.82) is 5.26 Å². The highest BCUT2D eigenvalue weighted by molar-refractivity contribution is 5.86. The van der Waals surface area contributed by atoms with E-state index in [1.54, 1.807) is 48.5 Å². The van der Waals surface area contributed by atoms with Gasteiger partial charge in [0.2, 0.25) is 5.88 Å². The minimum Gasteiger partial charge on any atom is -0.464 e. The average Bonchev–Trinajstić information content (AvgIpc) is 2.73. The van der Waals surface area contributed by atoms with Crippen LogP contribution in [0.3, 0.4) is 0 Å². The van der Waals surface area contributed by atoms with Gasteiger partial charge in [-0.1, -0.05) is 24.3 Å². The molecule has 1 atom stereocenters. The minimum absolute atomic E-state index is 0.0389. The number of ether oxygens (including phenoxy) is 1. The molecule has 7 heteroatoms. The average molecular weight is 384 g/mol. The molecule has 1 aliphatic heterocycles. The second kappa shape index (κ2) is 6.11. The lowest BCUT2D eigenvalue weighted by Gasteiger charge is -2.25. The molecule has 3 heterocycles. The van der Waals surface area contributed by atoms with Crippen LogP contribution in [0.25, 0.3) is 21.9 Å². The van der Waals surface area contributed by atoms with Crippen molar-refractivity contribution < 1.29 is 13.6 Å². The minimum atomic E-state index is -1.06. The molecule has 29 heavy (non-hydrogen) atoms. The van der Waals surface area contributed by atoms with Crippen LogP contribution in [-0.4, -0.2) is 0 Å². The molecule has 0 fully saturated rings. The number of nitriles is 1. The van der Waals surface area contributed by atoms with E-state index in [2.05, 4.69) is 0 Å². The van der Waals surface area contributed by atoms with Gasteiger partial charge >= 0.3 is 5.63 Å². The van der Waals surface area contributed by atoms with Gasteiger partial charge in [0.05, 0.1) is 28.5 Å². The zero-order valence-electron chi connectivity index (χ0n) is 14.8. The highest BCUT2D eigenvalue weighted by Crippen LogP contribution is 2.42. The van der Waals surface area contributed by atoms with Gasteiger partial charge in [0.1, 0.15) is 22.8 Å². The number of benzene rings is 2. The Balaban J connectivity index is 1.90. The number of fused-ring (bicyclic) bond motifs is 4. The smallest absolute Gasteiger partial charge is 0.344 e. The summed E-state index contributed by atoms with van der Waals surface area (Å²) in [5.74, 6) is -1.07. The standard InChI is InChI=1S/C22H12N2O5/c23-9-13-17(14-10-27-15-7-3-1-5-11(15)19(14)25)18-20(29-21(13)24)12-6-2-4-8-16(12)28-22(18)26/h1-8,10,17H,24H2. The zero-order valence-corrected chi connectivity index (χ0v) is 14.8. The van der Waals surface area contributed by atoms with Crippen LogP contribution in [0.15, 0.2) is 84.7 Å². The summed E-state index contributed by atoms with van der Waals surface area (Å²) in [7, 11) is 0. The highest BCUT2D eigenvalue weighted by Gasteiger charge is 2.37. The number of allylic oxidation sites excluding steroid dienone is 1. The Morgan fingerprint density at radius 1 is 0.966 bits per heavy atom. The van der Waals surface area contributed by atoms with Gasteiger partial charge in [0.25, 0.3) is 0 Å². The number of nitrogens with two attached hydrogens (primary N) is 1. The fraction of sp³-hybridized carbons (Fsp3) is 0.0455. The Morgan fingerprint density at radius 3 is 2.41 bits per heavy atom. The van der Waals surface area contributed by atoms with Crippen LogP contribution in [0, 0.1) is 11.3 Å². The van der Waals surface area contributed by atoms with Crippen LogP contribution in [0.5, 0.6) is 5.75 Å². The van der Waals surface area contributed by atoms with Crippen LogP contribution in [0.4, 0.5) is 0 Å². The third-order valence-electron chi connectivity index (χ3n) is 4.99. The maximum atomic E-state index is 13.2. The summed E-state index contributed by atoms with van der Waals surface area (Å²) >= 11 is 0. The molecule has 0 saturated carbocycles. The molecule has 1 unspecified atom stereocenters. The van der Waals surface area contributed by atoms with Gasteiger partial charge in [-0.2, -0.15) is 5.26 Å². The van der Waals surface area contributed by atoms with E-state index in [1.807, 2.05) is 6.07 Å². The van der Waals surface area contributed by atoms with Crippen molar-refractivity contribution in [3.05, 3.63) is 98.0 Å². The third kappa shape index (κ3) is 2.36. The monoisotopic (exact) mass is 384 g/mol. The van der Waals surface area contributed by atoms with Crippen molar-refractivity contribution in [3.63, 3.8) is 0 Å². The van der Waals surface area contributed by atoms with Gasteiger partial charge in [0.15, 0.2) is 11.2 Å². The molecule has 0 saturated heterocycles. The van der Waals surface area contributed by atoms with Crippen molar-refractivity contribution in [2.75, 3.05) is 0 Å². The van der Waals surface area contributed by atoms with E-state index in [0.29, 0.717) is 21.9 Å². The number of hydrogen-bond donors (Lipinski definition) is 1. The highest BCUT2D eigenvalue weighted by atomic mass is 16.5. The van der Waals surface area contributed by atoms with Gasteiger partial charge in [-0.3, -0.25) is 4.79 Å². The molecule has 0 radical (unpaired) electrons. The van der Waals surface area contributed by atoms with Crippen LogP contribution in [0.1, 0.15) is 17.0 Å². The maximum Gasteiger partial charge on any atom is 0.344 e. The largest absolute Gasteiger partial charge is 0.464 e. The van der Waals surface area contributed by atoms with Crippen LogP contribution in [0.2, 0.25) is 0 Å². The third-order valence-corrected chi connectivity index (χ3v) is 4.99. The van der Waals surface area contributed by atoms with E-state index in [1.165, 1.54) is 6.26 Å². The summed E-state index contributed by atoms with van der Waals surface area (Å²) < 4.78 is 16.7. The molecule has 2 N–H and O–H groups in total. The van der Waals surface area contributed by atoms with E-state index in [0.717, 1.165) is 0 Å². The molecular weight excluding hydrogens is 372 g/mol. The first-order valence-corrected chi connectivity index (χ1v) is 8.74. The Bertz CT molecular complexity index is 1500. The van der Waals surface area contributed by atoms with E-state index < -0.39 is 11.5 Å². The predicted octanol–water partition coefficient (Wildman–Crippen LogP) is 3.12. The van der Waals surface area contributed by atoms with Crippen molar-refractivity contribution in [3.8, 4) is 11.8 Å². The van der Waals surface area contributed by atoms with Crippen LogP contribution in [-0.2, 0) is 0 Å². The lowest BCUT2D eigenvalue weighted by molar-refractivity contribution is 0.387. The normalized spacial score (nSPS) is 15.8. The molecular formula is C22H12N2O5. The van der Waals surface area contributed by atoms with Crippen LogP contribution >= 0.6 is 0 Å². The lowest BCUT2D eigenvalue weighted by atomic mass is 9.84. The molecule has 2 aromatic heterocycles. The Hall–Kier alpha value is -4.31. The summed E-state index contributed by atoms with van der Waals surface area (Å²) in [4.78, 5) is 26.0. The number of nitrogens with zero attached hydrogens (tertiary/aromatic N) is 1. The van der Waals surface area contributed by atoms with Gasteiger partial charge in [-0.25, -0.2) is 4.79 Å². The first kappa shape index (κ1) is 16.8. The molecule has 140 valence electrons. The summed E-state index contributed by atoms with van der Waals surface area (Å²) in [6.45, 7) is 0. The lowest BCUT2D eigenvalue weighted by Crippen LogP contribution is -2.29. The molecule has 0 spiro atoms. The summed E-state index contributed by atoms with van der Waals surface area (Å²) in [6.07, 6.45) is 1.25. The molecule has 0 amide bonds. The fourth-order valence-corrected chi connectivity index (χ4v) is 3.67. The number of rotatable bonds is 1. The molecule has 7 nitrogen and oxygen atoms in total. The van der Waals surface area contributed by atoms with Crippen molar-refractivity contribution >= 4 is 21.9 Å². The molecule has 0 aliphatic carbocycles. The molecule has 0 bridgehead atoms. The van der Waals surface area contributed by atoms with Crippen LogP contribution < -0.4 is 21.5 Å². The quantitative estimate of drug-likeness (QED) is 0.501. The molecule has 1 aliphatic rings. The predicted molar refractivity (Wildman–Crippen MR) is 104 cm³/mol. The zero-order chi connectivity index (χ0) is 20.1. The Kier molecular flexibility index (Phi) is 3.54. The van der Waals surface area contributed by atoms with Gasteiger partial charge in [-0.05, 0) is 24.3 Å². The van der Waals surface area contributed by atoms with E-state index in [4.69, 9.17) is 19.3 Å². The number of hydrogen-bond acceptors (Lipinski definition) is 7. The van der Waals surface area contributed by atoms with Crippen molar-refractivity contribution in [1.82, 2.24) is 0 Å². The molecule has 2 aromatic carbocycles. The fourth-order valence-electron chi connectivity index (χ4n) is 3.67. The van der Waals surface area contributed by atoms with Crippen molar-refractivity contribution in [2.45, 2.75) is 5.92 Å². The topological polar surface area (TPSA) is 119 Å². The SMILES string of the molecule is N#CC1=C(N)Oc2c(c(=O)oc3ccccc23)C1c1coc2ccccc2c1=O. The first-order chi connectivity index (χ1) is 14.1.